The molecule has 27 heavy (non-hydrogen) atoms. The highest BCUT2D eigenvalue weighted by atomic mass is 32.2. The van der Waals surface area contributed by atoms with Gasteiger partial charge in [-0.05, 0) is 42.5 Å². The number of sulfonamides is 1. The molecular formula is C19H18N2O5S. The van der Waals surface area contributed by atoms with E-state index in [0.29, 0.717) is 5.76 Å². The van der Waals surface area contributed by atoms with Crippen LogP contribution in [0.4, 0.5) is 5.69 Å². The van der Waals surface area contributed by atoms with Crippen LogP contribution in [-0.2, 0) is 10.0 Å². The lowest BCUT2D eigenvalue weighted by atomic mass is 10.2. The largest absolute Gasteiger partial charge is 0.467 e. The molecule has 0 spiro atoms. The Hall–Kier alpha value is -3.10. The number of hydrogen-bond acceptors (Lipinski definition) is 5. The summed E-state index contributed by atoms with van der Waals surface area (Å²) in [6.45, 7) is -0.0354. The van der Waals surface area contributed by atoms with E-state index in [1.165, 1.54) is 24.5 Å². The van der Waals surface area contributed by atoms with Gasteiger partial charge in [0.25, 0.3) is 15.9 Å². The molecule has 1 unspecified atom stereocenters. The van der Waals surface area contributed by atoms with Crippen LogP contribution in [0.5, 0.6) is 0 Å². The van der Waals surface area contributed by atoms with Gasteiger partial charge in [0, 0.05) is 11.3 Å². The Bertz CT molecular complexity index is 1000. The van der Waals surface area contributed by atoms with Crippen molar-refractivity contribution in [3.05, 3.63) is 84.3 Å². The van der Waals surface area contributed by atoms with Crippen molar-refractivity contribution in [1.82, 2.24) is 5.32 Å². The zero-order valence-corrected chi connectivity index (χ0v) is 15.0. The molecule has 0 aliphatic rings. The number of amides is 1. The minimum atomic E-state index is -3.75. The fourth-order valence-corrected chi connectivity index (χ4v) is 3.48. The van der Waals surface area contributed by atoms with E-state index in [2.05, 4.69) is 10.0 Å². The molecule has 7 nitrogen and oxygen atoms in total. The van der Waals surface area contributed by atoms with E-state index >= 15 is 0 Å². The van der Waals surface area contributed by atoms with Crippen LogP contribution in [0, 0.1) is 0 Å². The van der Waals surface area contributed by atoms with Crippen molar-refractivity contribution in [3.63, 3.8) is 0 Å². The lowest BCUT2D eigenvalue weighted by Crippen LogP contribution is -2.28. The first kappa shape index (κ1) is 18.7. The second-order valence-electron chi connectivity index (χ2n) is 5.74. The Morgan fingerprint density at radius 2 is 1.81 bits per heavy atom. The fourth-order valence-electron chi connectivity index (χ4n) is 2.41. The summed E-state index contributed by atoms with van der Waals surface area (Å²) in [6.07, 6.45) is 0.464. The molecule has 8 heteroatoms. The van der Waals surface area contributed by atoms with Crippen LogP contribution in [0.3, 0.4) is 0 Å². The molecule has 0 fully saturated rings. The monoisotopic (exact) mass is 386 g/mol. The standard InChI is InChI=1S/C19H18N2O5S/c22-17(18-10-5-11-26-18)13-20-19(23)14-6-4-7-15(12-14)21-27(24,25)16-8-2-1-3-9-16/h1-12,17,21-22H,13H2,(H,20,23). The van der Waals surface area contributed by atoms with Gasteiger partial charge in [-0.3, -0.25) is 9.52 Å². The van der Waals surface area contributed by atoms with Crippen molar-refractivity contribution < 1.29 is 22.7 Å². The first-order chi connectivity index (χ1) is 13.0. The Kier molecular flexibility index (Phi) is 5.58. The van der Waals surface area contributed by atoms with Crippen molar-refractivity contribution in [2.24, 2.45) is 0 Å². The Morgan fingerprint density at radius 1 is 1.04 bits per heavy atom. The van der Waals surface area contributed by atoms with Crippen LogP contribution in [0.1, 0.15) is 22.2 Å². The number of nitrogens with one attached hydrogen (secondary N) is 2. The summed E-state index contributed by atoms with van der Waals surface area (Å²) < 4.78 is 32.3. The van der Waals surface area contributed by atoms with E-state index in [0.717, 1.165) is 0 Å². The van der Waals surface area contributed by atoms with Crippen LogP contribution < -0.4 is 10.0 Å². The van der Waals surface area contributed by atoms with Crippen LogP contribution in [0.15, 0.2) is 82.3 Å². The highest BCUT2D eigenvalue weighted by molar-refractivity contribution is 7.92. The number of rotatable bonds is 7. The van der Waals surface area contributed by atoms with E-state index in [1.54, 1.807) is 48.5 Å². The van der Waals surface area contributed by atoms with Crippen LogP contribution >= 0.6 is 0 Å². The van der Waals surface area contributed by atoms with E-state index in [1.807, 2.05) is 0 Å². The van der Waals surface area contributed by atoms with E-state index in [-0.39, 0.29) is 22.7 Å². The Morgan fingerprint density at radius 3 is 2.52 bits per heavy atom. The summed E-state index contributed by atoms with van der Waals surface area (Å²) >= 11 is 0. The third-order valence-corrected chi connectivity index (χ3v) is 5.16. The van der Waals surface area contributed by atoms with Gasteiger partial charge in [-0.15, -0.1) is 0 Å². The summed E-state index contributed by atoms with van der Waals surface area (Å²) in [5.74, 6) is -0.0963. The second kappa shape index (κ2) is 8.07. The van der Waals surface area contributed by atoms with Crippen molar-refractivity contribution in [3.8, 4) is 0 Å². The second-order valence-corrected chi connectivity index (χ2v) is 7.42. The predicted octanol–water partition coefficient (Wildman–Crippen LogP) is 2.54. The number of carbonyl (C=O) groups is 1. The highest BCUT2D eigenvalue weighted by Gasteiger charge is 2.16. The third-order valence-electron chi connectivity index (χ3n) is 3.76. The molecule has 3 rings (SSSR count). The van der Waals surface area contributed by atoms with Gasteiger partial charge in [0.2, 0.25) is 0 Å². The van der Waals surface area contributed by atoms with Crippen molar-refractivity contribution >= 4 is 21.6 Å². The van der Waals surface area contributed by atoms with Crippen molar-refractivity contribution in [1.29, 1.82) is 0 Å². The van der Waals surface area contributed by atoms with Crippen LogP contribution in [0.25, 0.3) is 0 Å². The zero-order chi connectivity index (χ0) is 19.3. The van der Waals surface area contributed by atoms with Gasteiger partial charge in [-0.25, -0.2) is 8.42 Å². The molecule has 1 aromatic heterocycles. The number of aliphatic hydroxyl groups is 1. The molecule has 0 radical (unpaired) electrons. The van der Waals surface area contributed by atoms with Crippen LogP contribution in [-0.4, -0.2) is 26.0 Å². The number of carbonyl (C=O) groups excluding carboxylic acids is 1. The average Bonchev–Trinajstić information content (AvgIpc) is 3.21. The molecule has 1 heterocycles. The van der Waals surface area contributed by atoms with Gasteiger partial charge in [0.15, 0.2) is 0 Å². The minimum Gasteiger partial charge on any atom is -0.467 e. The lowest BCUT2D eigenvalue weighted by Gasteiger charge is -2.11. The van der Waals surface area contributed by atoms with Crippen molar-refractivity contribution in [2.75, 3.05) is 11.3 Å². The first-order valence-corrected chi connectivity index (χ1v) is 9.61. The van der Waals surface area contributed by atoms with Gasteiger partial charge in [-0.2, -0.15) is 0 Å². The van der Waals surface area contributed by atoms with Crippen molar-refractivity contribution in [2.45, 2.75) is 11.0 Å². The SMILES string of the molecule is O=C(NCC(O)c1ccco1)c1cccc(NS(=O)(=O)c2ccccc2)c1. The van der Waals surface area contributed by atoms with E-state index in [9.17, 15) is 18.3 Å². The molecule has 3 N–H and O–H groups in total. The Balaban J connectivity index is 1.67. The molecule has 1 atom stereocenters. The quantitative estimate of drug-likeness (QED) is 0.578. The minimum absolute atomic E-state index is 0.0354. The summed E-state index contributed by atoms with van der Waals surface area (Å²) in [6, 6.07) is 17.3. The smallest absolute Gasteiger partial charge is 0.261 e. The molecule has 0 saturated carbocycles. The first-order valence-electron chi connectivity index (χ1n) is 8.13. The molecule has 3 aromatic rings. The number of furan rings is 1. The maximum absolute atomic E-state index is 12.4. The zero-order valence-electron chi connectivity index (χ0n) is 14.2. The van der Waals surface area contributed by atoms with Crippen LogP contribution in [0.2, 0.25) is 0 Å². The molecule has 140 valence electrons. The van der Waals surface area contributed by atoms with Gasteiger partial charge < -0.3 is 14.8 Å². The van der Waals surface area contributed by atoms with Gasteiger partial charge in [0.1, 0.15) is 11.9 Å². The molecule has 2 aromatic carbocycles. The molecule has 0 aliphatic carbocycles. The third kappa shape index (κ3) is 4.75. The summed E-state index contributed by atoms with van der Waals surface area (Å²) in [5.41, 5.74) is 0.521. The fraction of sp³-hybridized carbons (Fsp3) is 0.105. The van der Waals surface area contributed by atoms with E-state index < -0.39 is 22.0 Å². The molecule has 1 amide bonds. The van der Waals surface area contributed by atoms with Gasteiger partial charge >= 0.3 is 0 Å². The molecule has 0 aliphatic heterocycles. The Labute approximate surface area is 156 Å². The number of aliphatic hydroxyl groups excluding tert-OH is 1. The summed E-state index contributed by atoms with van der Waals surface area (Å²) in [4.78, 5) is 12.4. The number of hydrogen-bond donors (Lipinski definition) is 3. The molecular weight excluding hydrogens is 368 g/mol. The summed E-state index contributed by atoms with van der Waals surface area (Å²) in [7, 11) is -3.75. The topological polar surface area (TPSA) is 109 Å². The highest BCUT2D eigenvalue weighted by Crippen LogP contribution is 2.17. The summed E-state index contributed by atoms with van der Waals surface area (Å²) in [5, 5.41) is 12.5. The lowest BCUT2D eigenvalue weighted by molar-refractivity contribution is 0.0901. The normalized spacial score (nSPS) is 12.3. The van der Waals surface area contributed by atoms with Gasteiger partial charge in [0.05, 0.1) is 17.7 Å². The number of anilines is 1. The maximum Gasteiger partial charge on any atom is 0.261 e. The molecule has 0 bridgehead atoms. The average molecular weight is 386 g/mol. The van der Waals surface area contributed by atoms with Gasteiger partial charge in [-0.1, -0.05) is 24.3 Å². The number of benzene rings is 2. The van der Waals surface area contributed by atoms with E-state index in [4.69, 9.17) is 4.42 Å². The maximum atomic E-state index is 12.4. The predicted molar refractivity (Wildman–Crippen MR) is 99.7 cm³/mol. The molecule has 0 saturated heterocycles.